The normalized spacial score (nSPS) is 18.2. The highest BCUT2D eigenvalue weighted by Gasteiger charge is 2.28. The van der Waals surface area contributed by atoms with Crippen LogP contribution in [-0.4, -0.2) is 30.9 Å². The van der Waals surface area contributed by atoms with Gasteiger partial charge in [0.05, 0.1) is 5.88 Å². The fraction of sp³-hybridized carbons (Fsp3) is 0.400. The average molecular weight is 296 g/mol. The molecular formula is C10H11ClFNO2S2. The molecule has 1 aliphatic heterocycles. The lowest BCUT2D eigenvalue weighted by Gasteiger charge is -2.25. The summed E-state index contributed by atoms with van der Waals surface area (Å²) >= 11 is 7.13. The Morgan fingerprint density at radius 1 is 1.41 bits per heavy atom. The molecule has 0 N–H and O–H groups in total. The molecule has 0 radical (unpaired) electrons. The number of hydrogen-bond acceptors (Lipinski definition) is 3. The van der Waals surface area contributed by atoms with Crippen LogP contribution in [0.5, 0.6) is 0 Å². The van der Waals surface area contributed by atoms with Crippen LogP contribution in [0, 0.1) is 5.82 Å². The molecule has 0 saturated carbocycles. The van der Waals surface area contributed by atoms with Gasteiger partial charge in [0.15, 0.2) is 0 Å². The zero-order valence-electron chi connectivity index (χ0n) is 8.90. The van der Waals surface area contributed by atoms with Crippen molar-refractivity contribution in [1.29, 1.82) is 0 Å². The third-order valence-corrected chi connectivity index (χ3v) is 5.79. The third-order valence-electron chi connectivity index (χ3n) is 2.44. The molecule has 0 amide bonds. The number of rotatable bonds is 2. The van der Waals surface area contributed by atoms with Gasteiger partial charge in [0.2, 0.25) is 10.0 Å². The molecule has 0 bridgehead atoms. The van der Waals surface area contributed by atoms with Gasteiger partial charge in [0.25, 0.3) is 0 Å². The minimum absolute atomic E-state index is 0.189. The number of nitrogens with zero attached hydrogens (tertiary/aromatic N) is 1. The minimum atomic E-state index is -3.73. The van der Waals surface area contributed by atoms with Gasteiger partial charge < -0.3 is 0 Å². The van der Waals surface area contributed by atoms with Crippen molar-refractivity contribution in [3.63, 3.8) is 0 Å². The Kier molecular flexibility index (Phi) is 3.97. The van der Waals surface area contributed by atoms with E-state index < -0.39 is 15.8 Å². The van der Waals surface area contributed by atoms with E-state index in [1.165, 1.54) is 28.2 Å². The van der Waals surface area contributed by atoms with E-state index in [2.05, 4.69) is 0 Å². The van der Waals surface area contributed by atoms with Crippen LogP contribution in [0.1, 0.15) is 6.42 Å². The third kappa shape index (κ3) is 2.76. The van der Waals surface area contributed by atoms with E-state index in [1.54, 1.807) is 0 Å². The lowest BCUT2D eigenvalue weighted by Crippen LogP contribution is -2.35. The number of halogens is 2. The molecule has 1 fully saturated rings. The van der Waals surface area contributed by atoms with E-state index in [0.717, 1.165) is 18.2 Å². The van der Waals surface area contributed by atoms with Gasteiger partial charge in [0, 0.05) is 11.6 Å². The first-order valence-corrected chi connectivity index (χ1v) is 8.02. The second kappa shape index (κ2) is 5.14. The summed E-state index contributed by atoms with van der Waals surface area (Å²) in [6.07, 6.45) is 0.791. The smallest absolute Gasteiger partial charge is 0.207 e. The summed E-state index contributed by atoms with van der Waals surface area (Å²) in [6, 6.07) is 3.62. The van der Waals surface area contributed by atoms with Gasteiger partial charge in [-0.05, 0) is 30.4 Å². The van der Waals surface area contributed by atoms with Gasteiger partial charge in [-0.2, -0.15) is 4.31 Å². The van der Waals surface area contributed by atoms with Crippen molar-refractivity contribution in [3.05, 3.63) is 29.0 Å². The van der Waals surface area contributed by atoms with E-state index >= 15 is 0 Å². The Morgan fingerprint density at radius 3 is 2.76 bits per heavy atom. The first kappa shape index (κ1) is 13.1. The lowest BCUT2D eigenvalue weighted by atomic mass is 10.3. The molecule has 17 heavy (non-hydrogen) atoms. The molecule has 1 aliphatic rings. The first-order chi connectivity index (χ1) is 8.01. The summed E-state index contributed by atoms with van der Waals surface area (Å²) in [7, 11) is -3.73. The quantitative estimate of drug-likeness (QED) is 0.841. The predicted molar refractivity (Wildman–Crippen MR) is 67.2 cm³/mol. The molecule has 0 unspecified atom stereocenters. The van der Waals surface area contributed by atoms with E-state index in [1.807, 2.05) is 0 Å². The maximum Gasteiger partial charge on any atom is 0.246 e. The molecule has 0 spiro atoms. The van der Waals surface area contributed by atoms with Crippen molar-refractivity contribution in [2.24, 2.45) is 0 Å². The summed E-state index contributed by atoms with van der Waals surface area (Å²) in [6.45, 7) is 0.442. The Bertz CT molecular complexity index is 515. The Morgan fingerprint density at radius 2 is 2.18 bits per heavy atom. The zero-order valence-corrected chi connectivity index (χ0v) is 11.3. The van der Waals surface area contributed by atoms with Crippen LogP contribution in [0.25, 0.3) is 0 Å². The maximum absolute atomic E-state index is 13.6. The van der Waals surface area contributed by atoms with Gasteiger partial charge in [-0.3, -0.25) is 0 Å². The highest BCUT2D eigenvalue weighted by atomic mass is 35.5. The van der Waals surface area contributed by atoms with Crippen molar-refractivity contribution < 1.29 is 12.8 Å². The molecule has 1 aromatic carbocycles. The lowest BCUT2D eigenvalue weighted by molar-refractivity contribution is 0.445. The average Bonchev–Trinajstić information content (AvgIpc) is 2.29. The second-order valence-electron chi connectivity index (χ2n) is 3.65. The molecule has 1 heterocycles. The minimum Gasteiger partial charge on any atom is -0.207 e. The number of benzene rings is 1. The highest BCUT2D eigenvalue weighted by Crippen LogP contribution is 2.26. The molecule has 0 aliphatic carbocycles. The molecule has 1 aromatic rings. The molecule has 0 aromatic heterocycles. The van der Waals surface area contributed by atoms with E-state index in [-0.39, 0.29) is 9.92 Å². The van der Waals surface area contributed by atoms with Crippen molar-refractivity contribution >= 4 is 33.4 Å². The summed E-state index contributed by atoms with van der Waals surface area (Å²) < 4.78 is 39.2. The summed E-state index contributed by atoms with van der Waals surface area (Å²) in [5, 5.41) is 0.189. The van der Waals surface area contributed by atoms with Crippen molar-refractivity contribution in [1.82, 2.24) is 4.31 Å². The molecule has 94 valence electrons. The van der Waals surface area contributed by atoms with Gasteiger partial charge in [-0.15, -0.1) is 11.8 Å². The molecule has 2 rings (SSSR count). The van der Waals surface area contributed by atoms with Gasteiger partial charge in [0.1, 0.15) is 10.7 Å². The van der Waals surface area contributed by atoms with E-state index in [9.17, 15) is 12.8 Å². The maximum atomic E-state index is 13.6. The number of thioether (sulfide) groups is 1. The van der Waals surface area contributed by atoms with Crippen LogP contribution in [0.3, 0.4) is 0 Å². The molecule has 3 nitrogen and oxygen atoms in total. The van der Waals surface area contributed by atoms with Crippen molar-refractivity contribution in [2.45, 2.75) is 11.3 Å². The van der Waals surface area contributed by atoms with Gasteiger partial charge >= 0.3 is 0 Å². The molecule has 7 heteroatoms. The van der Waals surface area contributed by atoms with Crippen LogP contribution in [0.2, 0.25) is 5.02 Å². The fourth-order valence-corrected chi connectivity index (χ4v) is 4.51. The van der Waals surface area contributed by atoms with E-state index in [0.29, 0.717) is 12.4 Å². The first-order valence-electron chi connectivity index (χ1n) is 5.05. The van der Waals surface area contributed by atoms with Crippen molar-refractivity contribution in [3.8, 4) is 0 Å². The SMILES string of the molecule is O=S(=O)(c1ccc(Cl)cc1F)N1CCCSC1. The Hall–Kier alpha value is -0.300. The molecule has 0 atom stereocenters. The monoisotopic (exact) mass is 295 g/mol. The van der Waals surface area contributed by atoms with Crippen LogP contribution in [0.15, 0.2) is 23.1 Å². The topological polar surface area (TPSA) is 37.4 Å². The van der Waals surface area contributed by atoms with Crippen LogP contribution in [0.4, 0.5) is 4.39 Å². The Labute approximate surface area is 109 Å². The fourth-order valence-electron chi connectivity index (χ4n) is 1.59. The number of sulfonamides is 1. The van der Waals surface area contributed by atoms with E-state index in [4.69, 9.17) is 11.6 Å². The van der Waals surface area contributed by atoms with Gasteiger partial charge in [-0.25, -0.2) is 12.8 Å². The van der Waals surface area contributed by atoms with Crippen molar-refractivity contribution in [2.75, 3.05) is 18.2 Å². The predicted octanol–water partition coefficient (Wildman–Crippen LogP) is 2.56. The van der Waals surface area contributed by atoms with Crippen LogP contribution < -0.4 is 0 Å². The van der Waals surface area contributed by atoms with Crippen LogP contribution >= 0.6 is 23.4 Å². The molecular weight excluding hydrogens is 285 g/mol. The van der Waals surface area contributed by atoms with Gasteiger partial charge in [-0.1, -0.05) is 11.6 Å². The summed E-state index contributed by atoms with van der Waals surface area (Å²) in [5.74, 6) is 0.521. The highest BCUT2D eigenvalue weighted by molar-refractivity contribution is 8.00. The Balaban J connectivity index is 2.37. The largest absolute Gasteiger partial charge is 0.246 e. The summed E-state index contributed by atoms with van der Waals surface area (Å²) in [5.41, 5.74) is 0. The molecule has 1 saturated heterocycles. The second-order valence-corrected chi connectivity index (χ2v) is 7.06. The number of hydrogen-bond donors (Lipinski definition) is 0. The summed E-state index contributed by atoms with van der Waals surface area (Å²) in [4.78, 5) is -0.301. The van der Waals surface area contributed by atoms with Crippen LogP contribution in [-0.2, 0) is 10.0 Å². The zero-order chi connectivity index (χ0) is 12.5. The standard InChI is InChI=1S/C10H11ClFNO2S2/c11-8-2-3-10(9(12)6-8)17(14,15)13-4-1-5-16-7-13/h2-3,6H,1,4-5,7H2.